The first-order valence-corrected chi connectivity index (χ1v) is 5.07. The molecule has 66 valence electrons. The zero-order valence-electron chi connectivity index (χ0n) is 7.66. The maximum Gasteiger partial charge on any atom is 0.0727 e. The monoisotopic (exact) mass is 182 g/mol. The Morgan fingerprint density at radius 1 is 1.50 bits per heavy atom. The average molecular weight is 182 g/mol. The first-order valence-electron chi connectivity index (χ1n) is 4.25. The predicted molar refractivity (Wildman–Crippen MR) is 53.0 cm³/mol. The fourth-order valence-corrected chi connectivity index (χ4v) is 1.92. The lowest BCUT2D eigenvalue weighted by atomic mass is 10.2. The minimum atomic E-state index is 0.404. The van der Waals surface area contributed by atoms with Crippen LogP contribution in [0.3, 0.4) is 0 Å². The van der Waals surface area contributed by atoms with Gasteiger partial charge in [0.05, 0.1) is 11.7 Å². The molecule has 0 saturated heterocycles. The molecule has 12 heavy (non-hydrogen) atoms. The molecule has 0 spiro atoms. The van der Waals surface area contributed by atoms with Crippen molar-refractivity contribution in [1.82, 2.24) is 9.71 Å². The fraction of sp³-hybridized carbons (Fsp3) is 0.444. The maximum atomic E-state index is 4.26. The highest BCUT2D eigenvalue weighted by molar-refractivity contribution is 7.97. The number of hydrogen-bond donors (Lipinski definition) is 1. The third kappa shape index (κ3) is 1.79. The molecule has 2 nitrogen and oxygen atoms in total. The second-order valence-electron chi connectivity index (χ2n) is 2.33. The van der Waals surface area contributed by atoms with E-state index in [-0.39, 0.29) is 0 Å². The molecular weight excluding hydrogens is 168 g/mol. The fourth-order valence-electron chi connectivity index (χ4n) is 1.02. The smallest absolute Gasteiger partial charge is 0.0727 e. The number of rotatable bonds is 0. The molecule has 2 rings (SSSR count). The van der Waals surface area contributed by atoms with E-state index in [0.29, 0.717) is 6.04 Å². The summed E-state index contributed by atoms with van der Waals surface area (Å²) in [5.41, 5.74) is 1.17. The Kier molecular flexibility index (Phi) is 3.56. The molecule has 2 heterocycles. The summed E-state index contributed by atoms with van der Waals surface area (Å²) in [5.74, 6) is 0. The van der Waals surface area contributed by atoms with Crippen LogP contribution in [-0.2, 0) is 0 Å². The van der Waals surface area contributed by atoms with Gasteiger partial charge in [-0.1, -0.05) is 13.8 Å². The van der Waals surface area contributed by atoms with E-state index in [1.807, 2.05) is 26.1 Å². The molecule has 0 radical (unpaired) electrons. The number of aromatic nitrogens is 1. The van der Waals surface area contributed by atoms with Crippen molar-refractivity contribution in [2.75, 3.05) is 0 Å². The summed E-state index contributed by atoms with van der Waals surface area (Å²) in [4.78, 5) is 5.52. The average Bonchev–Trinajstić information content (AvgIpc) is 2.53. The quantitative estimate of drug-likeness (QED) is 0.624. The van der Waals surface area contributed by atoms with Crippen LogP contribution in [0.15, 0.2) is 23.2 Å². The Hall–Kier alpha value is -0.540. The normalized spacial score (nSPS) is 19.4. The lowest BCUT2D eigenvalue weighted by Crippen LogP contribution is -2.02. The van der Waals surface area contributed by atoms with Crippen LogP contribution in [0, 0.1) is 0 Å². The largest absolute Gasteiger partial charge is 0.258 e. The minimum Gasteiger partial charge on any atom is -0.258 e. The minimum absolute atomic E-state index is 0.404. The maximum absolute atomic E-state index is 4.26. The van der Waals surface area contributed by atoms with E-state index in [0.717, 1.165) is 0 Å². The lowest BCUT2D eigenvalue weighted by Gasteiger charge is -1.98. The Bertz CT molecular complexity index is 250. The van der Waals surface area contributed by atoms with Crippen molar-refractivity contribution in [2.24, 2.45) is 0 Å². The van der Waals surface area contributed by atoms with E-state index in [1.165, 1.54) is 10.6 Å². The van der Waals surface area contributed by atoms with E-state index in [4.69, 9.17) is 0 Å². The number of pyridine rings is 1. The summed E-state index contributed by atoms with van der Waals surface area (Å²) in [7, 11) is 0. The van der Waals surface area contributed by atoms with Gasteiger partial charge in [-0.05, 0) is 31.0 Å². The summed E-state index contributed by atoms with van der Waals surface area (Å²) in [6.45, 7) is 6.12. The number of fused-ring (bicyclic) bond motifs is 1. The SMILES string of the molecule is CC.CC1NSc2cccnc21. The van der Waals surface area contributed by atoms with E-state index < -0.39 is 0 Å². The van der Waals surface area contributed by atoms with Crippen molar-refractivity contribution in [2.45, 2.75) is 31.7 Å². The van der Waals surface area contributed by atoms with Gasteiger partial charge in [-0.25, -0.2) is 0 Å². The number of hydrogen-bond acceptors (Lipinski definition) is 3. The lowest BCUT2D eigenvalue weighted by molar-refractivity contribution is 0.734. The second-order valence-corrected chi connectivity index (χ2v) is 3.21. The standard InChI is InChI=1S/C7H8N2S.C2H6/c1-5-7-6(10-9-5)3-2-4-8-7;1-2/h2-5,9H,1H3;1-2H3. The summed E-state index contributed by atoms with van der Waals surface area (Å²) in [6, 6.07) is 4.45. The van der Waals surface area contributed by atoms with Crippen molar-refractivity contribution in [1.29, 1.82) is 0 Å². The van der Waals surface area contributed by atoms with Gasteiger partial charge in [-0.2, -0.15) is 0 Å². The molecule has 0 aliphatic carbocycles. The van der Waals surface area contributed by atoms with E-state index in [1.54, 1.807) is 11.9 Å². The number of nitrogens with one attached hydrogen (secondary N) is 1. The van der Waals surface area contributed by atoms with Gasteiger partial charge in [-0.15, -0.1) is 0 Å². The van der Waals surface area contributed by atoms with Crippen LogP contribution in [0.5, 0.6) is 0 Å². The highest BCUT2D eigenvalue weighted by Crippen LogP contribution is 2.31. The van der Waals surface area contributed by atoms with Gasteiger partial charge in [0, 0.05) is 11.1 Å². The third-order valence-corrected chi connectivity index (χ3v) is 2.59. The van der Waals surface area contributed by atoms with E-state index in [9.17, 15) is 0 Å². The van der Waals surface area contributed by atoms with E-state index >= 15 is 0 Å². The highest BCUT2D eigenvalue weighted by Gasteiger charge is 2.18. The molecule has 0 saturated carbocycles. The Balaban J connectivity index is 0.000000336. The summed E-state index contributed by atoms with van der Waals surface area (Å²) >= 11 is 1.66. The molecule has 1 aromatic heterocycles. The van der Waals surface area contributed by atoms with Crippen molar-refractivity contribution in [3.8, 4) is 0 Å². The van der Waals surface area contributed by atoms with Gasteiger partial charge in [0.2, 0.25) is 0 Å². The predicted octanol–water partition coefficient (Wildman–Crippen LogP) is 2.78. The van der Waals surface area contributed by atoms with Gasteiger partial charge < -0.3 is 0 Å². The molecule has 0 fully saturated rings. The van der Waals surface area contributed by atoms with Crippen molar-refractivity contribution in [3.63, 3.8) is 0 Å². The first kappa shape index (κ1) is 9.55. The van der Waals surface area contributed by atoms with Crippen LogP contribution in [0.25, 0.3) is 0 Å². The summed E-state index contributed by atoms with van der Waals surface area (Å²) in [5, 5.41) is 0. The van der Waals surface area contributed by atoms with Gasteiger partial charge >= 0.3 is 0 Å². The molecule has 1 aliphatic rings. The number of nitrogens with zero attached hydrogens (tertiary/aromatic N) is 1. The zero-order valence-corrected chi connectivity index (χ0v) is 8.48. The van der Waals surface area contributed by atoms with Crippen molar-refractivity contribution >= 4 is 11.9 Å². The topological polar surface area (TPSA) is 24.9 Å². The molecule has 0 amide bonds. The van der Waals surface area contributed by atoms with Crippen molar-refractivity contribution in [3.05, 3.63) is 24.0 Å². The highest BCUT2D eigenvalue weighted by atomic mass is 32.2. The zero-order chi connectivity index (χ0) is 8.97. The second kappa shape index (κ2) is 4.48. The molecule has 0 bridgehead atoms. The van der Waals surface area contributed by atoms with Crippen LogP contribution < -0.4 is 4.72 Å². The van der Waals surface area contributed by atoms with E-state index in [2.05, 4.69) is 22.7 Å². The van der Waals surface area contributed by atoms with Crippen molar-refractivity contribution < 1.29 is 0 Å². The molecule has 0 aromatic carbocycles. The first-order chi connectivity index (χ1) is 5.88. The molecular formula is C9H14N2S. The van der Waals surface area contributed by atoms with Gasteiger partial charge in [-0.3, -0.25) is 9.71 Å². The molecule has 1 unspecified atom stereocenters. The van der Waals surface area contributed by atoms with Crippen LogP contribution in [0.1, 0.15) is 32.5 Å². The van der Waals surface area contributed by atoms with Gasteiger partial charge in [0.25, 0.3) is 0 Å². The van der Waals surface area contributed by atoms with Gasteiger partial charge in [0.15, 0.2) is 0 Å². The van der Waals surface area contributed by atoms with Gasteiger partial charge in [0.1, 0.15) is 0 Å². The Morgan fingerprint density at radius 2 is 2.25 bits per heavy atom. The molecule has 1 aliphatic heterocycles. The molecule has 3 heteroatoms. The molecule has 1 aromatic rings. The molecule has 1 N–H and O–H groups in total. The summed E-state index contributed by atoms with van der Waals surface area (Å²) in [6.07, 6.45) is 1.84. The Labute approximate surface area is 77.9 Å². The van der Waals surface area contributed by atoms with Crippen LogP contribution in [0.2, 0.25) is 0 Å². The van der Waals surface area contributed by atoms with Crippen LogP contribution >= 0.6 is 11.9 Å². The third-order valence-electron chi connectivity index (χ3n) is 1.56. The van der Waals surface area contributed by atoms with Crippen LogP contribution in [-0.4, -0.2) is 4.98 Å². The summed E-state index contributed by atoms with van der Waals surface area (Å²) < 4.78 is 3.24. The Morgan fingerprint density at radius 3 is 2.92 bits per heavy atom. The molecule has 1 atom stereocenters. The van der Waals surface area contributed by atoms with Crippen LogP contribution in [0.4, 0.5) is 0 Å².